The molecule has 4 rings (SSSR count). The largest absolute Gasteiger partial charge is 0.465 e. The van der Waals surface area contributed by atoms with E-state index in [-0.39, 0.29) is 39.7 Å². The summed E-state index contributed by atoms with van der Waals surface area (Å²) < 4.78 is 9.89. The first kappa shape index (κ1) is 28.1. The van der Waals surface area contributed by atoms with Gasteiger partial charge in [-0.05, 0) is 55.0 Å². The summed E-state index contributed by atoms with van der Waals surface area (Å²) in [6, 6.07) is 18.5. The van der Waals surface area contributed by atoms with Crippen molar-refractivity contribution in [1.82, 2.24) is 0 Å². The molecule has 1 heterocycles. The van der Waals surface area contributed by atoms with Crippen LogP contribution in [0, 0.1) is 0 Å². The van der Waals surface area contributed by atoms with Gasteiger partial charge in [0.25, 0.3) is 17.7 Å². The van der Waals surface area contributed by atoms with Gasteiger partial charge in [0.05, 0.1) is 30.5 Å². The lowest BCUT2D eigenvalue weighted by molar-refractivity contribution is -0.120. The Morgan fingerprint density at radius 3 is 2.25 bits per heavy atom. The Labute approximate surface area is 234 Å². The summed E-state index contributed by atoms with van der Waals surface area (Å²) >= 11 is 6.27. The van der Waals surface area contributed by atoms with Crippen LogP contribution < -0.4 is 15.5 Å². The zero-order valence-corrected chi connectivity index (χ0v) is 22.3. The second-order valence-electron chi connectivity index (χ2n) is 8.52. The number of nitrogens with one attached hydrogen (secondary N) is 2. The van der Waals surface area contributed by atoms with Gasteiger partial charge in [-0.2, -0.15) is 0 Å². The fourth-order valence-electron chi connectivity index (χ4n) is 3.87. The van der Waals surface area contributed by atoms with E-state index in [2.05, 4.69) is 10.6 Å². The van der Waals surface area contributed by atoms with Gasteiger partial charge in [-0.15, -0.1) is 0 Å². The third kappa shape index (κ3) is 5.87. The average molecular weight is 562 g/mol. The molecule has 11 heteroatoms. The lowest BCUT2D eigenvalue weighted by Gasteiger charge is -2.18. The zero-order chi connectivity index (χ0) is 28.8. The van der Waals surface area contributed by atoms with Crippen molar-refractivity contribution in [3.63, 3.8) is 0 Å². The minimum absolute atomic E-state index is 0.0378. The van der Waals surface area contributed by atoms with Crippen molar-refractivity contribution in [3.8, 4) is 0 Å². The first-order valence-electron chi connectivity index (χ1n) is 12.2. The van der Waals surface area contributed by atoms with E-state index in [9.17, 15) is 24.0 Å². The summed E-state index contributed by atoms with van der Waals surface area (Å²) in [7, 11) is 1.26. The van der Waals surface area contributed by atoms with Crippen LogP contribution in [0.4, 0.5) is 17.1 Å². The molecule has 3 aromatic rings. The maximum Gasteiger partial charge on any atom is 0.340 e. The van der Waals surface area contributed by atoms with Gasteiger partial charge >= 0.3 is 11.9 Å². The number of carbonyl (C=O) groups is 5. The Balaban J connectivity index is 1.54. The molecule has 0 unspecified atom stereocenters. The number of amides is 3. The monoisotopic (exact) mass is 561 g/mol. The molecule has 3 aromatic carbocycles. The smallest absolute Gasteiger partial charge is 0.340 e. The van der Waals surface area contributed by atoms with E-state index in [1.165, 1.54) is 31.4 Å². The summed E-state index contributed by atoms with van der Waals surface area (Å²) in [5.74, 6) is -3.30. The number of ether oxygens (including phenoxy) is 2. The van der Waals surface area contributed by atoms with Crippen LogP contribution in [0.5, 0.6) is 0 Å². The molecule has 0 spiro atoms. The van der Waals surface area contributed by atoms with Crippen molar-refractivity contribution in [2.24, 2.45) is 0 Å². The van der Waals surface area contributed by atoms with Gasteiger partial charge in [-0.3, -0.25) is 14.4 Å². The SMILES string of the molecule is CCCOC(=O)c1ccccc1N1C(=O)C(Cl)=C(Nc2cccc(C(=O)Nc3cccc(C(=O)OC)c3)c2)C1=O. The van der Waals surface area contributed by atoms with Crippen LogP contribution in [0.3, 0.4) is 0 Å². The fraction of sp³-hybridized carbons (Fsp3) is 0.138. The number of hydrogen-bond donors (Lipinski definition) is 2. The number of rotatable bonds is 9. The molecule has 0 saturated carbocycles. The molecule has 0 atom stereocenters. The molecule has 2 N–H and O–H groups in total. The van der Waals surface area contributed by atoms with Crippen LogP contribution in [-0.2, 0) is 19.1 Å². The van der Waals surface area contributed by atoms with Crippen LogP contribution in [0.15, 0.2) is 83.5 Å². The second kappa shape index (κ2) is 12.3. The molecule has 40 heavy (non-hydrogen) atoms. The summed E-state index contributed by atoms with van der Waals surface area (Å²) in [5.41, 5.74) is 1.04. The number of para-hydroxylation sites is 1. The maximum absolute atomic E-state index is 13.3. The molecule has 10 nitrogen and oxygen atoms in total. The summed E-state index contributed by atoms with van der Waals surface area (Å²) in [6.07, 6.45) is 0.605. The van der Waals surface area contributed by atoms with E-state index in [1.807, 2.05) is 6.92 Å². The van der Waals surface area contributed by atoms with E-state index in [4.69, 9.17) is 21.1 Å². The molecule has 0 aliphatic carbocycles. The molecule has 0 radical (unpaired) electrons. The van der Waals surface area contributed by atoms with E-state index in [0.717, 1.165) is 4.90 Å². The highest BCUT2D eigenvalue weighted by atomic mass is 35.5. The van der Waals surface area contributed by atoms with Gasteiger partial charge in [0.1, 0.15) is 10.7 Å². The van der Waals surface area contributed by atoms with Crippen molar-refractivity contribution >= 4 is 58.3 Å². The Kier molecular flexibility index (Phi) is 8.60. The highest BCUT2D eigenvalue weighted by molar-refractivity contribution is 6.53. The van der Waals surface area contributed by atoms with Crippen molar-refractivity contribution in [2.45, 2.75) is 13.3 Å². The van der Waals surface area contributed by atoms with Gasteiger partial charge in [0.2, 0.25) is 0 Å². The minimum atomic E-state index is -0.815. The average Bonchev–Trinajstić information content (AvgIpc) is 3.18. The third-order valence-corrected chi connectivity index (χ3v) is 6.12. The Bertz CT molecular complexity index is 1550. The number of nitrogens with zero attached hydrogens (tertiary/aromatic N) is 1. The molecule has 1 aliphatic heterocycles. The van der Waals surface area contributed by atoms with Gasteiger partial charge < -0.3 is 20.1 Å². The topological polar surface area (TPSA) is 131 Å². The zero-order valence-electron chi connectivity index (χ0n) is 21.5. The number of imide groups is 1. The number of carbonyl (C=O) groups excluding carboxylic acids is 5. The highest BCUT2D eigenvalue weighted by Gasteiger charge is 2.40. The van der Waals surface area contributed by atoms with Gasteiger partial charge in [-0.25, -0.2) is 14.5 Å². The molecule has 0 bridgehead atoms. The van der Waals surface area contributed by atoms with E-state index >= 15 is 0 Å². The highest BCUT2D eigenvalue weighted by Crippen LogP contribution is 2.32. The van der Waals surface area contributed by atoms with Crippen molar-refractivity contribution in [1.29, 1.82) is 0 Å². The van der Waals surface area contributed by atoms with E-state index in [1.54, 1.807) is 48.5 Å². The quantitative estimate of drug-likeness (QED) is 0.283. The number of hydrogen-bond acceptors (Lipinski definition) is 8. The van der Waals surface area contributed by atoms with Gasteiger partial charge in [-0.1, -0.05) is 42.8 Å². The maximum atomic E-state index is 13.3. The molecule has 1 aliphatic rings. The molecule has 3 amide bonds. The Morgan fingerprint density at radius 1 is 0.850 bits per heavy atom. The molecule has 0 saturated heterocycles. The van der Waals surface area contributed by atoms with Crippen molar-refractivity contribution < 1.29 is 33.4 Å². The molecular weight excluding hydrogens is 538 g/mol. The standard InChI is InChI=1S/C29H24ClN3O7/c1-3-14-40-29(38)21-12-4-5-13-22(21)33-26(35)23(30)24(27(33)36)31-19-10-6-8-17(15-19)25(34)32-20-11-7-9-18(16-20)28(37)39-2/h4-13,15-16,31H,3,14H2,1-2H3,(H,32,34). The number of esters is 2. The number of benzene rings is 3. The molecule has 0 aromatic heterocycles. The van der Waals surface area contributed by atoms with Crippen LogP contribution in [0.2, 0.25) is 0 Å². The van der Waals surface area contributed by atoms with E-state index < -0.39 is 29.7 Å². The normalized spacial score (nSPS) is 12.8. The van der Waals surface area contributed by atoms with Crippen LogP contribution >= 0.6 is 11.6 Å². The third-order valence-electron chi connectivity index (χ3n) is 5.77. The van der Waals surface area contributed by atoms with Crippen LogP contribution in [0.1, 0.15) is 44.4 Å². The summed E-state index contributed by atoms with van der Waals surface area (Å²) in [6.45, 7) is 2.02. The first-order chi connectivity index (χ1) is 19.2. The molecular formula is C29H24ClN3O7. The first-order valence-corrected chi connectivity index (χ1v) is 12.5. The van der Waals surface area contributed by atoms with Crippen molar-refractivity contribution in [2.75, 3.05) is 29.3 Å². The lowest BCUT2D eigenvalue weighted by Crippen LogP contribution is -2.33. The number of methoxy groups -OCH3 is 1. The molecule has 0 fully saturated rings. The summed E-state index contributed by atoms with van der Waals surface area (Å²) in [4.78, 5) is 64.3. The number of anilines is 3. The fourth-order valence-corrected chi connectivity index (χ4v) is 4.08. The van der Waals surface area contributed by atoms with Gasteiger partial charge in [0, 0.05) is 16.9 Å². The Morgan fingerprint density at radius 2 is 1.52 bits per heavy atom. The summed E-state index contributed by atoms with van der Waals surface area (Å²) in [5, 5.41) is 5.14. The van der Waals surface area contributed by atoms with Crippen LogP contribution in [-0.4, -0.2) is 43.4 Å². The second-order valence-corrected chi connectivity index (χ2v) is 8.90. The Hall–Kier alpha value is -4.96. The molecule has 204 valence electrons. The predicted molar refractivity (Wildman–Crippen MR) is 148 cm³/mol. The minimum Gasteiger partial charge on any atom is -0.465 e. The number of halogens is 1. The van der Waals surface area contributed by atoms with Crippen molar-refractivity contribution in [3.05, 3.63) is 100 Å². The predicted octanol–water partition coefficient (Wildman–Crippen LogP) is 4.73. The van der Waals surface area contributed by atoms with Gasteiger partial charge in [0.15, 0.2) is 0 Å². The van der Waals surface area contributed by atoms with Crippen LogP contribution in [0.25, 0.3) is 0 Å². The van der Waals surface area contributed by atoms with E-state index in [0.29, 0.717) is 17.8 Å². The lowest BCUT2D eigenvalue weighted by atomic mass is 10.1.